The molecular weight excluding hydrogens is 773 g/mol. The molecule has 0 aliphatic heterocycles. The van der Waals surface area contributed by atoms with Gasteiger partial charge >= 0.3 is 0 Å². The van der Waals surface area contributed by atoms with Crippen molar-refractivity contribution >= 4 is 93.1 Å². The summed E-state index contributed by atoms with van der Waals surface area (Å²) in [4.78, 5) is 4.87. The van der Waals surface area contributed by atoms with Crippen LogP contribution in [0.4, 0.5) is 28.4 Å². The second-order valence-corrected chi connectivity index (χ2v) is 17.0. The van der Waals surface area contributed by atoms with Crippen LogP contribution in [0.3, 0.4) is 0 Å². The number of fused-ring (bicyclic) bond motifs is 6. The molecule has 0 saturated heterocycles. The van der Waals surface area contributed by atoms with Gasteiger partial charge in [0.15, 0.2) is 0 Å². The minimum absolute atomic E-state index is 1.03. The Balaban J connectivity index is 1.20. The molecule has 1 aliphatic carbocycles. The molecule has 2 heteroatoms. The van der Waals surface area contributed by atoms with Gasteiger partial charge in [0, 0.05) is 33.5 Å². The summed E-state index contributed by atoms with van der Waals surface area (Å²) >= 11 is 0. The molecule has 0 amide bonds. The number of hydrogen-bond acceptors (Lipinski definition) is 2. The van der Waals surface area contributed by atoms with E-state index < -0.39 is 0 Å². The van der Waals surface area contributed by atoms with E-state index in [0.29, 0.717) is 0 Å². The molecule has 0 unspecified atom stereocenters. The minimum atomic E-state index is 1.03. The maximum Gasteiger partial charge on any atom is 0.0540 e. The first-order valence-electron chi connectivity index (χ1n) is 22.4. The average Bonchev–Trinajstić information content (AvgIpc) is 3.88. The summed E-state index contributed by atoms with van der Waals surface area (Å²) in [5.41, 5.74) is 12.0. The number of benzene rings is 10. The highest BCUT2D eigenvalue weighted by molar-refractivity contribution is 6.47. The van der Waals surface area contributed by atoms with Gasteiger partial charge in [0.2, 0.25) is 0 Å². The minimum Gasteiger partial charge on any atom is -0.310 e. The predicted octanol–water partition coefficient (Wildman–Crippen LogP) is 17.7. The van der Waals surface area contributed by atoms with E-state index in [1.54, 1.807) is 0 Å². The number of allylic oxidation sites excluding steroid dienone is 3. The first kappa shape index (κ1) is 36.5. The zero-order valence-electron chi connectivity index (χ0n) is 35.2. The summed E-state index contributed by atoms with van der Waals surface area (Å²) in [7, 11) is 0. The summed E-state index contributed by atoms with van der Waals surface area (Å²) in [5.74, 6) is 0. The monoisotopic (exact) mass is 814 g/mol. The molecule has 0 fully saturated rings. The lowest BCUT2D eigenvalue weighted by Gasteiger charge is -2.29. The fraction of sp³-hybridized carbons (Fsp3) is 0.0323. The first-order chi connectivity index (χ1) is 31.8. The topological polar surface area (TPSA) is 6.48 Å². The van der Waals surface area contributed by atoms with Gasteiger partial charge in [-0.2, -0.15) is 0 Å². The molecule has 0 radical (unpaired) electrons. The highest BCUT2D eigenvalue weighted by Gasteiger charge is 2.29. The fourth-order valence-corrected chi connectivity index (χ4v) is 11.0. The third-order valence-corrected chi connectivity index (χ3v) is 13.5. The average molecular weight is 815 g/mol. The van der Waals surface area contributed by atoms with E-state index >= 15 is 0 Å². The SMILES string of the molecule is C1=CC(N(c2ccccc2)c2ccc3c4c(-c5ccccc5)c5c6cccc7c(N(c8ccccc8)c8ccccc8)ccc(c5c(-c5ccccc5)c4c4cccc2c34)c76)=CCC1. The van der Waals surface area contributed by atoms with E-state index in [1.165, 1.54) is 98.3 Å². The summed E-state index contributed by atoms with van der Waals surface area (Å²) in [6, 6.07) is 78.2. The zero-order valence-corrected chi connectivity index (χ0v) is 35.2. The van der Waals surface area contributed by atoms with Crippen molar-refractivity contribution in [3.63, 3.8) is 0 Å². The maximum atomic E-state index is 2.46. The molecule has 13 rings (SSSR count). The van der Waals surface area contributed by atoms with Gasteiger partial charge in [-0.05, 0) is 144 Å². The van der Waals surface area contributed by atoms with Gasteiger partial charge in [-0.25, -0.2) is 0 Å². The van der Waals surface area contributed by atoms with Crippen LogP contribution in [0.15, 0.2) is 236 Å². The molecule has 12 aromatic rings. The summed E-state index contributed by atoms with van der Waals surface area (Å²) < 4.78 is 0. The van der Waals surface area contributed by atoms with Gasteiger partial charge in [-0.3, -0.25) is 0 Å². The quantitative estimate of drug-likeness (QED) is 0.151. The van der Waals surface area contributed by atoms with Crippen LogP contribution in [-0.4, -0.2) is 0 Å². The van der Waals surface area contributed by atoms with E-state index in [0.717, 1.165) is 35.6 Å². The standard InChI is InChI=1S/C62H42N2/c1-7-21-41(22-8-1)55-59-49-35-19-33-47-54(64(45-29-15-5-16-30-45)46-31-17-6-18-32-46)40-38-52(57(47)49)62(59)56(42-23-9-2-10-24-42)60-50-36-20-34-48-53(39-37-51(58(48)50)61(55)60)63(43-25-11-3-12-26-43)44-27-13-4-14-28-44/h1-5,7-17,19-40H,6,18H2. The Bertz CT molecular complexity index is 3610. The summed E-state index contributed by atoms with van der Waals surface area (Å²) in [5, 5.41) is 15.4. The Morgan fingerprint density at radius 3 is 1.08 bits per heavy atom. The first-order valence-corrected chi connectivity index (χ1v) is 22.4. The third kappa shape index (κ3) is 5.46. The van der Waals surface area contributed by atoms with Crippen LogP contribution in [-0.2, 0) is 0 Å². The van der Waals surface area contributed by atoms with E-state index in [4.69, 9.17) is 0 Å². The van der Waals surface area contributed by atoms with Crippen molar-refractivity contribution in [1.29, 1.82) is 0 Å². The molecule has 0 atom stereocenters. The maximum absolute atomic E-state index is 2.46. The van der Waals surface area contributed by atoms with Crippen LogP contribution >= 0.6 is 0 Å². The molecular formula is C62H42N2. The fourth-order valence-electron chi connectivity index (χ4n) is 11.0. The smallest absolute Gasteiger partial charge is 0.0540 e. The van der Waals surface area contributed by atoms with Crippen molar-refractivity contribution in [2.45, 2.75) is 12.8 Å². The number of nitrogens with zero attached hydrogens (tertiary/aromatic N) is 2. The normalized spacial score (nSPS) is 12.9. The van der Waals surface area contributed by atoms with Crippen LogP contribution in [0.1, 0.15) is 12.8 Å². The van der Waals surface area contributed by atoms with Crippen molar-refractivity contribution in [2.75, 3.05) is 9.80 Å². The van der Waals surface area contributed by atoms with Gasteiger partial charge in [0.25, 0.3) is 0 Å². The second-order valence-electron chi connectivity index (χ2n) is 17.0. The van der Waals surface area contributed by atoms with Gasteiger partial charge in [-0.15, -0.1) is 0 Å². The Morgan fingerprint density at radius 2 is 0.656 bits per heavy atom. The van der Waals surface area contributed by atoms with Crippen LogP contribution in [0.2, 0.25) is 0 Å². The highest BCUT2D eigenvalue weighted by Crippen LogP contribution is 2.57. The summed E-state index contributed by atoms with van der Waals surface area (Å²) in [6.45, 7) is 0. The Hall–Kier alpha value is -8.20. The lowest BCUT2D eigenvalue weighted by molar-refractivity contribution is 0.998. The molecule has 0 saturated carbocycles. The lowest BCUT2D eigenvalue weighted by atomic mass is 9.87. The molecule has 12 aromatic carbocycles. The molecule has 0 bridgehead atoms. The molecule has 1 aliphatic rings. The molecule has 300 valence electrons. The van der Waals surface area contributed by atoms with Crippen molar-refractivity contribution in [1.82, 2.24) is 0 Å². The van der Waals surface area contributed by atoms with Gasteiger partial charge in [0.05, 0.1) is 11.4 Å². The molecule has 0 N–H and O–H groups in total. The van der Waals surface area contributed by atoms with Crippen LogP contribution in [0.25, 0.3) is 86.9 Å². The summed E-state index contributed by atoms with van der Waals surface area (Å²) in [6.07, 6.45) is 9.09. The highest BCUT2D eigenvalue weighted by atomic mass is 15.2. The lowest BCUT2D eigenvalue weighted by Crippen LogP contribution is -2.16. The second kappa shape index (κ2) is 14.7. The van der Waals surface area contributed by atoms with Crippen molar-refractivity contribution in [3.8, 4) is 22.3 Å². The van der Waals surface area contributed by atoms with Gasteiger partial charge in [0.1, 0.15) is 0 Å². The van der Waals surface area contributed by atoms with Crippen molar-refractivity contribution < 1.29 is 0 Å². The molecule has 0 spiro atoms. The molecule has 2 nitrogen and oxygen atoms in total. The Morgan fingerprint density at radius 1 is 0.281 bits per heavy atom. The molecule has 0 heterocycles. The number of hydrogen-bond donors (Lipinski definition) is 0. The van der Waals surface area contributed by atoms with E-state index in [-0.39, 0.29) is 0 Å². The number of anilines is 5. The predicted molar refractivity (Wildman–Crippen MR) is 274 cm³/mol. The molecule has 0 aromatic heterocycles. The van der Waals surface area contributed by atoms with Crippen molar-refractivity contribution in [3.05, 3.63) is 236 Å². The van der Waals surface area contributed by atoms with Crippen molar-refractivity contribution in [2.24, 2.45) is 0 Å². The number of rotatable bonds is 8. The Kier molecular flexibility index (Phi) is 8.39. The van der Waals surface area contributed by atoms with Crippen LogP contribution < -0.4 is 9.80 Å². The zero-order chi connectivity index (χ0) is 42.1. The number of para-hydroxylation sites is 3. The largest absolute Gasteiger partial charge is 0.310 e. The third-order valence-electron chi connectivity index (χ3n) is 13.5. The van der Waals surface area contributed by atoms with Gasteiger partial charge in [-0.1, -0.05) is 176 Å². The van der Waals surface area contributed by atoms with E-state index in [1.807, 2.05) is 0 Å². The van der Waals surface area contributed by atoms with Crippen LogP contribution in [0.5, 0.6) is 0 Å². The van der Waals surface area contributed by atoms with Gasteiger partial charge < -0.3 is 9.80 Å². The van der Waals surface area contributed by atoms with E-state index in [9.17, 15) is 0 Å². The van der Waals surface area contributed by atoms with Crippen LogP contribution in [0, 0.1) is 0 Å². The molecule has 64 heavy (non-hydrogen) atoms. The van der Waals surface area contributed by atoms with E-state index in [2.05, 4.69) is 240 Å². The Labute approximate surface area is 372 Å².